The molecule has 0 radical (unpaired) electrons. The molecule has 0 aliphatic carbocycles. The Labute approximate surface area is 99.9 Å². The molecule has 5 heteroatoms. The quantitative estimate of drug-likeness (QED) is 0.878. The number of aromatic nitrogens is 1. The number of rotatable bonds is 3. The predicted molar refractivity (Wildman–Crippen MR) is 65.0 cm³/mol. The standard InChI is InChI=1S/C11H18N2O2S/c1-8(14)10-6-12-11(16-10)13-5-3-4-9(7-13)15-2/h6,8-9,14H,3-5,7H2,1-2H3. The highest BCUT2D eigenvalue weighted by atomic mass is 32.1. The van der Waals surface area contributed by atoms with Gasteiger partial charge >= 0.3 is 0 Å². The molecule has 2 rings (SSSR count). The van der Waals surface area contributed by atoms with E-state index in [4.69, 9.17) is 4.74 Å². The van der Waals surface area contributed by atoms with E-state index in [9.17, 15) is 5.11 Å². The van der Waals surface area contributed by atoms with Gasteiger partial charge in [0.05, 0.1) is 17.1 Å². The largest absolute Gasteiger partial charge is 0.388 e. The Morgan fingerprint density at radius 1 is 1.69 bits per heavy atom. The smallest absolute Gasteiger partial charge is 0.185 e. The van der Waals surface area contributed by atoms with E-state index in [1.54, 1.807) is 31.6 Å². The van der Waals surface area contributed by atoms with Crippen LogP contribution in [-0.4, -0.2) is 36.4 Å². The van der Waals surface area contributed by atoms with Crippen LogP contribution in [0.25, 0.3) is 0 Å². The first-order chi connectivity index (χ1) is 7.70. The molecule has 90 valence electrons. The highest BCUT2D eigenvalue weighted by molar-refractivity contribution is 7.15. The first-order valence-corrected chi connectivity index (χ1v) is 6.44. The first-order valence-electron chi connectivity index (χ1n) is 5.62. The summed E-state index contributed by atoms with van der Waals surface area (Å²) in [6.07, 6.45) is 3.92. The minimum absolute atomic E-state index is 0.313. The lowest BCUT2D eigenvalue weighted by Crippen LogP contribution is -2.39. The lowest BCUT2D eigenvalue weighted by molar-refractivity contribution is 0.0893. The van der Waals surface area contributed by atoms with Crippen molar-refractivity contribution in [3.8, 4) is 0 Å². The summed E-state index contributed by atoms with van der Waals surface area (Å²) in [6, 6.07) is 0. The molecule has 1 aliphatic heterocycles. The molecule has 1 N–H and O–H groups in total. The van der Waals surface area contributed by atoms with Crippen molar-refractivity contribution >= 4 is 16.5 Å². The van der Waals surface area contributed by atoms with Crippen molar-refractivity contribution in [2.24, 2.45) is 0 Å². The third kappa shape index (κ3) is 2.53. The number of piperidine rings is 1. The van der Waals surface area contributed by atoms with Gasteiger partial charge in [0.25, 0.3) is 0 Å². The molecule has 1 fully saturated rings. The minimum Gasteiger partial charge on any atom is -0.388 e. The number of ether oxygens (including phenoxy) is 1. The normalized spacial score (nSPS) is 23.4. The molecule has 2 unspecified atom stereocenters. The van der Waals surface area contributed by atoms with Crippen molar-refractivity contribution in [2.75, 3.05) is 25.1 Å². The van der Waals surface area contributed by atoms with Gasteiger partial charge < -0.3 is 14.7 Å². The molecule has 2 atom stereocenters. The number of aliphatic hydroxyl groups excluding tert-OH is 1. The molecule has 1 aromatic heterocycles. The van der Waals surface area contributed by atoms with Crippen molar-refractivity contribution in [1.82, 2.24) is 4.98 Å². The molecule has 4 nitrogen and oxygen atoms in total. The highest BCUT2D eigenvalue weighted by Gasteiger charge is 2.22. The summed E-state index contributed by atoms with van der Waals surface area (Å²) >= 11 is 1.57. The zero-order valence-corrected chi connectivity index (χ0v) is 10.5. The first kappa shape index (κ1) is 11.8. The van der Waals surface area contributed by atoms with Crippen LogP contribution < -0.4 is 4.90 Å². The van der Waals surface area contributed by atoms with E-state index in [2.05, 4.69) is 9.88 Å². The van der Waals surface area contributed by atoms with Gasteiger partial charge in [0.2, 0.25) is 0 Å². The zero-order valence-electron chi connectivity index (χ0n) is 9.72. The Kier molecular flexibility index (Phi) is 3.78. The molecular weight excluding hydrogens is 224 g/mol. The van der Waals surface area contributed by atoms with Crippen LogP contribution in [0.15, 0.2) is 6.20 Å². The van der Waals surface area contributed by atoms with Gasteiger partial charge in [-0.15, -0.1) is 0 Å². The second kappa shape index (κ2) is 5.12. The van der Waals surface area contributed by atoms with E-state index in [0.717, 1.165) is 35.9 Å². The lowest BCUT2D eigenvalue weighted by atomic mass is 10.1. The molecule has 0 bridgehead atoms. The van der Waals surface area contributed by atoms with Crippen molar-refractivity contribution in [3.05, 3.63) is 11.1 Å². The molecule has 0 aromatic carbocycles. The SMILES string of the molecule is COC1CCCN(c2ncc(C(C)O)s2)C1. The third-order valence-corrected chi connectivity index (χ3v) is 4.13. The van der Waals surface area contributed by atoms with Crippen LogP contribution in [0, 0.1) is 0 Å². The molecule has 16 heavy (non-hydrogen) atoms. The summed E-state index contributed by atoms with van der Waals surface area (Å²) in [5, 5.41) is 10.5. The summed E-state index contributed by atoms with van der Waals surface area (Å²) in [5.74, 6) is 0. The molecule has 0 amide bonds. The van der Waals surface area contributed by atoms with E-state index in [1.165, 1.54) is 0 Å². The van der Waals surface area contributed by atoms with Gasteiger partial charge in [-0.05, 0) is 19.8 Å². The monoisotopic (exact) mass is 242 g/mol. The Morgan fingerprint density at radius 2 is 2.50 bits per heavy atom. The Morgan fingerprint density at radius 3 is 3.12 bits per heavy atom. The van der Waals surface area contributed by atoms with E-state index in [-0.39, 0.29) is 0 Å². The summed E-state index contributed by atoms with van der Waals surface area (Å²) in [5.41, 5.74) is 0. The summed E-state index contributed by atoms with van der Waals surface area (Å²) in [6.45, 7) is 3.71. The van der Waals surface area contributed by atoms with E-state index < -0.39 is 6.10 Å². The van der Waals surface area contributed by atoms with Crippen LogP contribution in [0.5, 0.6) is 0 Å². The van der Waals surface area contributed by atoms with Crippen molar-refractivity contribution in [2.45, 2.75) is 32.0 Å². The molecule has 2 heterocycles. The van der Waals surface area contributed by atoms with Crippen LogP contribution >= 0.6 is 11.3 Å². The Balaban J connectivity index is 2.05. The summed E-state index contributed by atoms with van der Waals surface area (Å²) in [7, 11) is 1.76. The number of anilines is 1. The lowest BCUT2D eigenvalue weighted by Gasteiger charge is -2.31. The predicted octanol–water partition coefficient (Wildman–Crippen LogP) is 1.81. The molecule has 1 aromatic rings. The number of methoxy groups -OCH3 is 1. The molecule has 1 aliphatic rings. The molecular formula is C11H18N2O2S. The van der Waals surface area contributed by atoms with Gasteiger partial charge in [-0.3, -0.25) is 0 Å². The summed E-state index contributed by atoms with van der Waals surface area (Å²) in [4.78, 5) is 7.53. The second-order valence-corrected chi connectivity index (χ2v) is 5.21. The fourth-order valence-corrected chi connectivity index (χ4v) is 2.81. The maximum atomic E-state index is 9.46. The Hall–Kier alpha value is -0.650. The second-order valence-electron chi connectivity index (χ2n) is 4.17. The average molecular weight is 242 g/mol. The third-order valence-electron chi connectivity index (χ3n) is 2.91. The van der Waals surface area contributed by atoms with Gasteiger partial charge in [0.1, 0.15) is 0 Å². The van der Waals surface area contributed by atoms with Gasteiger partial charge in [0, 0.05) is 26.4 Å². The number of aliphatic hydroxyl groups is 1. The van der Waals surface area contributed by atoms with Crippen LogP contribution in [-0.2, 0) is 4.74 Å². The van der Waals surface area contributed by atoms with Crippen LogP contribution in [0.1, 0.15) is 30.7 Å². The van der Waals surface area contributed by atoms with Crippen molar-refractivity contribution in [1.29, 1.82) is 0 Å². The van der Waals surface area contributed by atoms with Gasteiger partial charge in [-0.2, -0.15) is 0 Å². The van der Waals surface area contributed by atoms with E-state index in [1.807, 2.05) is 0 Å². The van der Waals surface area contributed by atoms with E-state index in [0.29, 0.717) is 6.10 Å². The maximum Gasteiger partial charge on any atom is 0.185 e. The van der Waals surface area contributed by atoms with E-state index >= 15 is 0 Å². The fourth-order valence-electron chi connectivity index (χ4n) is 1.92. The van der Waals surface area contributed by atoms with Crippen LogP contribution in [0.4, 0.5) is 5.13 Å². The fraction of sp³-hybridized carbons (Fsp3) is 0.727. The number of hydrogen-bond donors (Lipinski definition) is 1. The molecule has 0 spiro atoms. The van der Waals surface area contributed by atoms with Crippen molar-refractivity contribution in [3.63, 3.8) is 0 Å². The van der Waals surface area contributed by atoms with Gasteiger partial charge in [0.15, 0.2) is 5.13 Å². The number of thiazole rings is 1. The molecule has 0 saturated carbocycles. The van der Waals surface area contributed by atoms with Gasteiger partial charge in [-0.1, -0.05) is 11.3 Å². The average Bonchev–Trinajstić information content (AvgIpc) is 2.78. The maximum absolute atomic E-state index is 9.46. The number of nitrogens with zero attached hydrogens (tertiary/aromatic N) is 2. The van der Waals surface area contributed by atoms with Crippen LogP contribution in [0.2, 0.25) is 0 Å². The summed E-state index contributed by atoms with van der Waals surface area (Å²) < 4.78 is 5.38. The highest BCUT2D eigenvalue weighted by Crippen LogP contribution is 2.29. The Bertz CT molecular complexity index is 340. The molecule has 1 saturated heterocycles. The van der Waals surface area contributed by atoms with Gasteiger partial charge in [-0.25, -0.2) is 4.98 Å². The number of hydrogen-bond acceptors (Lipinski definition) is 5. The topological polar surface area (TPSA) is 45.6 Å². The zero-order chi connectivity index (χ0) is 11.5. The van der Waals surface area contributed by atoms with Crippen molar-refractivity contribution < 1.29 is 9.84 Å². The van der Waals surface area contributed by atoms with Crippen LogP contribution in [0.3, 0.4) is 0 Å². The minimum atomic E-state index is -0.422.